The molecular formula is C23H30N6O. The SMILES string of the molecule is Cc1nc(N2CCC3(CCOC3)CC2)n2ccnc2c1C(C)/C=C\C=C1\C=NNC1. The summed E-state index contributed by atoms with van der Waals surface area (Å²) in [6.45, 7) is 9.01. The Morgan fingerprint density at radius 2 is 2.13 bits per heavy atom. The topological polar surface area (TPSA) is 67.0 Å². The number of nitrogens with zero attached hydrogens (tertiary/aromatic N) is 5. The van der Waals surface area contributed by atoms with Gasteiger partial charge in [-0.05, 0) is 37.2 Å². The average Bonchev–Trinajstić information content (AvgIpc) is 3.50. The molecule has 1 spiro atoms. The Bertz CT molecular complexity index is 1000. The first-order valence-electron chi connectivity index (χ1n) is 10.9. The predicted octanol–water partition coefficient (Wildman–Crippen LogP) is 3.22. The van der Waals surface area contributed by atoms with Gasteiger partial charge < -0.3 is 15.1 Å². The third-order valence-electron chi connectivity index (χ3n) is 6.82. The van der Waals surface area contributed by atoms with Crippen molar-refractivity contribution in [2.24, 2.45) is 10.5 Å². The number of imidazole rings is 1. The summed E-state index contributed by atoms with van der Waals surface area (Å²) in [5.41, 5.74) is 7.80. The first kappa shape index (κ1) is 19.3. The quantitative estimate of drug-likeness (QED) is 0.844. The lowest BCUT2D eigenvalue weighted by atomic mass is 9.78. The van der Waals surface area contributed by atoms with Gasteiger partial charge in [-0.2, -0.15) is 5.10 Å². The van der Waals surface area contributed by atoms with Crippen molar-refractivity contribution in [3.63, 3.8) is 0 Å². The van der Waals surface area contributed by atoms with Gasteiger partial charge in [0.15, 0.2) is 0 Å². The number of nitrogens with one attached hydrogen (secondary N) is 1. The Morgan fingerprint density at radius 1 is 1.27 bits per heavy atom. The van der Waals surface area contributed by atoms with Crippen LogP contribution in [0.25, 0.3) is 5.65 Å². The summed E-state index contributed by atoms with van der Waals surface area (Å²) in [4.78, 5) is 12.2. The number of rotatable bonds is 4. The number of hydrogen-bond donors (Lipinski definition) is 1. The van der Waals surface area contributed by atoms with Gasteiger partial charge in [-0.15, -0.1) is 0 Å². The molecule has 0 aromatic carbocycles. The van der Waals surface area contributed by atoms with Gasteiger partial charge in [-0.1, -0.05) is 25.2 Å². The van der Waals surface area contributed by atoms with Crippen molar-refractivity contribution in [1.29, 1.82) is 0 Å². The van der Waals surface area contributed by atoms with Crippen LogP contribution in [0, 0.1) is 12.3 Å². The second-order valence-electron chi connectivity index (χ2n) is 8.83. The van der Waals surface area contributed by atoms with E-state index in [9.17, 15) is 0 Å². The molecule has 0 aliphatic carbocycles. The summed E-state index contributed by atoms with van der Waals surface area (Å²) in [6, 6.07) is 0. The lowest BCUT2D eigenvalue weighted by molar-refractivity contribution is 0.133. The second kappa shape index (κ2) is 7.87. The molecule has 30 heavy (non-hydrogen) atoms. The Balaban J connectivity index is 1.40. The van der Waals surface area contributed by atoms with Crippen molar-refractivity contribution in [3.05, 3.63) is 47.5 Å². The fraction of sp³-hybridized carbons (Fsp3) is 0.522. The van der Waals surface area contributed by atoms with Gasteiger partial charge in [0, 0.05) is 49.3 Å². The molecule has 1 unspecified atom stereocenters. The number of allylic oxidation sites excluding steroid dienone is 3. The molecule has 3 aliphatic rings. The van der Waals surface area contributed by atoms with Gasteiger partial charge in [0.25, 0.3) is 0 Å². The van der Waals surface area contributed by atoms with Crippen molar-refractivity contribution in [1.82, 2.24) is 19.8 Å². The number of hydrazone groups is 1. The van der Waals surface area contributed by atoms with Crippen LogP contribution >= 0.6 is 0 Å². The van der Waals surface area contributed by atoms with E-state index in [1.165, 1.54) is 30.4 Å². The summed E-state index contributed by atoms with van der Waals surface area (Å²) in [5, 5.41) is 4.03. The average molecular weight is 407 g/mol. The van der Waals surface area contributed by atoms with Crippen molar-refractivity contribution in [2.45, 2.75) is 39.0 Å². The molecule has 2 saturated heterocycles. The van der Waals surface area contributed by atoms with Crippen LogP contribution < -0.4 is 10.3 Å². The van der Waals surface area contributed by atoms with Gasteiger partial charge in [-0.3, -0.25) is 4.40 Å². The summed E-state index contributed by atoms with van der Waals surface area (Å²) < 4.78 is 7.86. The summed E-state index contributed by atoms with van der Waals surface area (Å²) in [7, 11) is 0. The molecule has 1 atom stereocenters. The fourth-order valence-corrected chi connectivity index (χ4v) is 4.93. The van der Waals surface area contributed by atoms with Crippen LogP contribution in [-0.4, -0.2) is 53.4 Å². The Morgan fingerprint density at radius 3 is 2.87 bits per heavy atom. The van der Waals surface area contributed by atoms with E-state index in [1.54, 1.807) is 0 Å². The summed E-state index contributed by atoms with van der Waals surface area (Å²) in [5.74, 6) is 1.24. The molecule has 1 N–H and O–H groups in total. The zero-order valence-corrected chi connectivity index (χ0v) is 17.8. The third kappa shape index (κ3) is 3.51. The summed E-state index contributed by atoms with van der Waals surface area (Å²) in [6.07, 6.45) is 15.8. The number of anilines is 1. The minimum Gasteiger partial charge on any atom is -0.381 e. The smallest absolute Gasteiger partial charge is 0.211 e. The largest absolute Gasteiger partial charge is 0.381 e. The maximum absolute atomic E-state index is 5.69. The zero-order valence-electron chi connectivity index (χ0n) is 17.8. The van der Waals surface area contributed by atoms with Crippen LogP contribution in [0.5, 0.6) is 0 Å². The maximum atomic E-state index is 5.69. The molecule has 0 saturated carbocycles. The van der Waals surface area contributed by atoms with Crippen molar-refractivity contribution < 1.29 is 4.74 Å². The minimum absolute atomic E-state index is 0.222. The molecule has 5 rings (SSSR count). The van der Waals surface area contributed by atoms with E-state index in [0.29, 0.717) is 5.41 Å². The Kier molecular flexibility index (Phi) is 5.06. The standard InChI is InChI=1S/C23H30N6O/c1-17(4-3-5-19-14-25-26-15-19)20-18(2)27-22(29-12-9-24-21(20)29)28-10-6-23(7-11-28)8-13-30-16-23/h3-5,9,12,14,17,26H,6-8,10-11,13,15-16H2,1-2H3/b4-3-,19-5-. The lowest BCUT2D eigenvalue weighted by Gasteiger charge is -2.39. The molecule has 2 fully saturated rings. The molecule has 7 nitrogen and oxygen atoms in total. The van der Waals surface area contributed by atoms with E-state index in [1.807, 2.05) is 18.6 Å². The highest BCUT2D eigenvalue weighted by Gasteiger charge is 2.38. The minimum atomic E-state index is 0.222. The van der Waals surface area contributed by atoms with Crippen molar-refractivity contribution in [2.75, 3.05) is 37.7 Å². The summed E-state index contributed by atoms with van der Waals surface area (Å²) >= 11 is 0. The van der Waals surface area contributed by atoms with E-state index in [2.05, 4.69) is 51.9 Å². The Labute approximate surface area is 177 Å². The predicted molar refractivity (Wildman–Crippen MR) is 119 cm³/mol. The van der Waals surface area contributed by atoms with Crippen LogP contribution in [0.2, 0.25) is 0 Å². The highest BCUT2D eigenvalue weighted by molar-refractivity contribution is 5.81. The normalized spacial score (nSPS) is 23.3. The third-order valence-corrected chi connectivity index (χ3v) is 6.82. The van der Waals surface area contributed by atoms with Crippen LogP contribution in [0.15, 0.2) is 41.3 Å². The number of hydrogen-bond acceptors (Lipinski definition) is 6. The number of piperidine rings is 1. The molecular weight excluding hydrogens is 376 g/mol. The van der Waals surface area contributed by atoms with Gasteiger partial charge in [-0.25, -0.2) is 9.97 Å². The van der Waals surface area contributed by atoms with Gasteiger partial charge in [0.05, 0.1) is 19.4 Å². The van der Waals surface area contributed by atoms with E-state index >= 15 is 0 Å². The van der Waals surface area contributed by atoms with E-state index in [-0.39, 0.29) is 5.92 Å². The number of aromatic nitrogens is 3. The highest BCUT2D eigenvalue weighted by atomic mass is 16.5. The number of ether oxygens (including phenoxy) is 1. The van der Waals surface area contributed by atoms with Crippen molar-refractivity contribution >= 4 is 17.8 Å². The molecule has 5 heterocycles. The number of fused-ring (bicyclic) bond motifs is 1. The van der Waals surface area contributed by atoms with Crippen LogP contribution in [0.1, 0.15) is 43.4 Å². The lowest BCUT2D eigenvalue weighted by Crippen LogP contribution is -2.41. The van der Waals surface area contributed by atoms with Crippen LogP contribution in [0.4, 0.5) is 5.95 Å². The fourth-order valence-electron chi connectivity index (χ4n) is 4.93. The molecule has 3 aliphatic heterocycles. The first-order chi connectivity index (χ1) is 14.7. The molecule has 2 aromatic heterocycles. The zero-order chi connectivity index (χ0) is 20.6. The monoisotopic (exact) mass is 406 g/mol. The van der Waals surface area contributed by atoms with Crippen molar-refractivity contribution in [3.8, 4) is 0 Å². The van der Waals surface area contributed by atoms with E-state index in [4.69, 9.17) is 14.7 Å². The highest BCUT2D eigenvalue weighted by Crippen LogP contribution is 2.40. The molecule has 2 aromatic rings. The molecule has 0 bridgehead atoms. The molecule has 0 radical (unpaired) electrons. The van der Waals surface area contributed by atoms with Crippen LogP contribution in [0.3, 0.4) is 0 Å². The second-order valence-corrected chi connectivity index (χ2v) is 8.83. The van der Waals surface area contributed by atoms with Gasteiger partial charge >= 0.3 is 0 Å². The molecule has 158 valence electrons. The van der Waals surface area contributed by atoms with Crippen LogP contribution in [-0.2, 0) is 4.74 Å². The molecule has 0 amide bonds. The maximum Gasteiger partial charge on any atom is 0.211 e. The number of aryl methyl sites for hydroxylation is 1. The van der Waals surface area contributed by atoms with E-state index in [0.717, 1.165) is 50.1 Å². The Hall–Kier alpha value is -2.67. The first-order valence-corrected chi connectivity index (χ1v) is 10.9. The van der Waals surface area contributed by atoms with Gasteiger partial charge in [0.1, 0.15) is 5.65 Å². The van der Waals surface area contributed by atoms with E-state index < -0.39 is 0 Å². The van der Waals surface area contributed by atoms with Gasteiger partial charge in [0.2, 0.25) is 5.95 Å². The molecule has 7 heteroatoms.